The highest BCUT2D eigenvalue weighted by molar-refractivity contribution is 7.19. The molecule has 0 fully saturated rings. The number of aryl methyl sites for hydroxylation is 2. The largest absolute Gasteiger partial charge is 0.366 e. The first-order valence-electron chi connectivity index (χ1n) is 9.69. The highest BCUT2D eigenvalue weighted by Gasteiger charge is 2.17. The number of hydrogen-bond acceptors (Lipinski definition) is 5. The van der Waals surface area contributed by atoms with Crippen LogP contribution in [0.15, 0.2) is 65.7 Å². The number of fused-ring (bicyclic) bond motifs is 1. The zero-order valence-corrected chi connectivity index (χ0v) is 17.6. The van der Waals surface area contributed by atoms with Crippen molar-refractivity contribution in [2.75, 3.05) is 5.43 Å². The molecule has 0 spiro atoms. The average Bonchev–Trinajstić information content (AvgIpc) is 3.11. The molecular formula is C23H20N4O3S. The molecule has 0 saturated carbocycles. The van der Waals surface area contributed by atoms with Crippen molar-refractivity contribution in [3.63, 3.8) is 0 Å². The summed E-state index contributed by atoms with van der Waals surface area (Å²) in [7, 11) is 0. The van der Waals surface area contributed by atoms with Gasteiger partial charge in [0.05, 0.1) is 5.39 Å². The van der Waals surface area contributed by atoms with Gasteiger partial charge >= 0.3 is 0 Å². The normalized spacial score (nSPS) is 10.9. The number of thiophene rings is 1. The van der Waals surface area contributed by atoms with Crippen LogP contribution in [0, 0.1) is 6.92 Å². The fourth-order valence-electron chi connectivity index (χ4n) is 3.55. The lowest BCUT2D eigenvalue weighted by Crippen LogP contribution is -2.33. The zero-order valence-electron chi connectivity index (χ0n) is 16.8. The number of benzene rings is 2. The van der Waals surface area contributed by atoms with Gasteiger partial charge in [-0.2, -0.15) is 0 Å². The molecule has 156 valence electrons. The minimum atomic E-state index is -0.539. The quantitative estimate of drug-likeness (QED) is 0.488. The Morgan fingerprint density at radius 3 is 2.55 bits per heavy atom. The molecule has 31 heavy (non-hydrogen) atoms. The second-order valence-electron chi connectivity index (χ2n) is 7.06. The topological polar surface area (TPSA) is 107 Å². The molecule has 2 heterocycles. The van der Waals surface area contributed by atoms with Crippen molar-refractivity contribution >= 4 is 33.4 Å². The molecule has 0 radical (unpaired) electrons. The molecular weight excluding hydrogens is 412 g/mol. The van der Waals surface area contributed by atoms with E-state index in [2.05, 4.69) is 10.4 Å². The van der Waals surface area contributed by atoms with E-state index in [-0.39, 0.29) is 17.9 Å². The second kappa shape index (κ2) is 8.53. The summed E-state index contributed by atoms with van der Waals surface area (Å²) in [6.07, 6.45) is 1.73. The number of nitrogens with zero attached hydrogens (tertiary/aromatic N) is 2. The van der Waals surface area contributed by atoms with E-state index in [0.29, 0.717) is 27.8 Å². The lowest BCUT2D eigenvalue weighted by atomic mass is 10.0. The Bertz CT molecular complexity index is 1340. The summed E-state index contributed by atoms with van der Waals surface area (Å²) in [4.78, 5) is 43.2. The van der Waals surface area contributed by atoms with Crippen LogP contribution in [0.2, 0.25) is 0 Å². The molecule has 0 saturated heterocycles. The SMILES string of the molecule is Cc1sc2ncn(NC(=O)CCc3ccccc3C(N)=O)c(=O)c2c1-c1ccccc1. The summed E-state index contributed by atoms with van der Waals surface area (Å²) in [6, 6.07) is 16.5. The fraction of sp³-hybridized carbons (Fsp3) is 0.130. The molecule has 0 aliphatic carbocycles. The summed E-state index contributed by atoms with van der Waals surface area (Å²) < 4.78 is 1.11. The van der Waals surface area contributed by atoms with Crippen molar-refractivity contribution in [3.8, 4) is 11.1 Å². The van der Waals surface area contributed by atoms with Gasteiger partial charge in [0.2, 0.25) is 11.8 Å². The summed E-state index contributed by atoms with van der Waals surface area (Å²) in [5, 5.41) is 0.482. The van der Waals surface area contributed by atoms with E-state index >= 15 is 0 Å². The summed E-state index contributed by atoms with van der Waals surface area (Å²) in [5.41, 5.74) is 10.5. The van der Waals surface area contributed by atoms with E-state index in [4.69, 9.17) is 5.73 Å². The molecule has 4 rings (SSSR count). The monoisotopic (exact) mass is 432 g/mol. The van der Waals surface area contributed by atoms with E-state index in [1.807, 2.05) is 37.3 Å². The van der Waals surface area contributed by atoms with Crippen LogP contribution in [0.1, 0.15) is 27.2 Å². The fourth-order valence-corrected chi connectivity index (χ4v) is 4.55. The summed E-state index contributed by atoms with van der Waals surface area (Å²) >= 11 is 1.45. The van der Waals surface area contributed by atoms with Gasteiger partial charge in [0, 0.05) is 22.4 Å². The molecule has 2 amide bonds. The van der Waals surface area contributed by atoms with Gasteiger partial charge in [-0.1, -0.05) is 48.5 Å². The van der Waals surface area contributed by atoms with Gasteiger partial charge in [-0.15, -0.1) is 11.3 Å². The Kier molecular flexibility index (Phi) is 5.64. The first kappa shape index (κ1) is 20.5. The number of aromatic nitrogens is 2. The summed E-state index contributed by atoms with van der Waals surface area (Å²) in [6.45, 7) is 1.95. The summed E-state index contributed by atoms with van der Waals surface area (Å²) in [5.74, 6) is -0.904. The minimum Gasteiger partial charge on any atom is -0.366 e. The van der Waals surface area contributed by atoms with Gasteiger partial charge < -0.3 is 5.73 Å². The number of carbonyl (C=O) groups is 2. The predicted octanol–water partition coefficient (Wildman–Crippen LogP) is 3.24. The third kappa shape index (κ3) is 4.10. The van der Waals surface area contributed by atoms with E-state index in [9.17, 15) is 14.4 Å². The van der Waals surface area contributed by atoms with Crippen LogP contribution in [-0.2, 0) is 11.2 Å². The number of hydrogen-bond donors (Lipinski definition) is 2. The van der Waals surface area contributed by atoms with Crippen molar-refractivity contribution < 1.29 is 9.59 Å². The van der Waals surface area contributed by atoms with Gasteiger partial charge in [-0.25, -0.2) is 9.66 Å². The molecule has 2 aromatic carbocycles. The van der Waals surface area contributed by atoms with E-state index in [1.165, 1.54) is 17.7 Å². The maximum Gasteiger partial charge on any atom is 0.281 e. The molecule has 0 unspecified atom stereocenters. The Hall–Kier alpha value is -3.78. The Labute approximate surface area is 182 Å². The molecule has 0 atom stereocenters. The second-order valence-corrected chi connectivity index (χ2v) is 8.26. The van der Waals surface area contributed by atoms with Gasteiger partial charge in [0.1, 0.15) is 11.2 Å². The van der Waals surface area contributed by atoms with Crippen LogP contribution < -0.4 is 16.7 Å². The lowest BCUT2D eigenvalue weighted by Gasteiger charge is -2.09. The van der Waals surface area contributed by atoms with Gasteiger partial charge in [-0.3, -0.25) is 19.8 Å². The minimum absolute atomic E-state index is 0.0863. The Morgan fingerprint density at radius 2 is 1.81 bits per heavy atom. The van der Waals surface area contributed by atoms with E-state index in [0.717, 1.165) is 20.7 Å². The number of rotatable bonds is 6. The van der Waals surface area contributed by atoms with E-state index < -0.39 is 5.91 Å². The number of carbonyl (C=O) groups excluding carboxylic acids is 2. The molecule has 7 nitrogen and oxygen atoms in total. The van der Waals surface area contributed by atoms with Crippen molar-refractivity contribution in [3.05, 3.63) is 87.3 Å². The standard InChI is InChI=1S/C23H20N4O3S/c1-14-19(16-8-3-2-4-9-16)20-22(31-14)25-13-27(23(20)30)26-18(28)12-11-15-7-5-6-10-17(15)21(24)29/h2-10,13H,11-12H2,1H3,(H2,24,29)(H,26,28). The van der Waals surface area contributed by atoms with Crippen molar-refractivity contribution in [2.45, 2.75) is 19.8 Å². The number of primary amides is 1. The van der Waals surface area contributed by atoms with Crippen molar-refractivity contribution in [1.82, 2.24) is 9.66 Å². The lowest BCUT2D eigenvalue weighted by molar-refractivity contribution is -0.117. The van der Waals surface area contributed by atoms with Crippen LogP contribution in [0.4, 0.5) is 0 Å². The third-order valence-corrected chi connectivity index (χ3v) is 6.01. The first-order valence-corrected chi connectivity index (χ1v) is 10.5. The third-order valence-electron chi connectivity index (χ3n) is 5.00. The highest BCUT2D eigenvalue weighted by atomic mass is 32.1. The molecule has 3 N–H and O–H groups in total. The number of amides is 2. The van der Waals surface area contributed by atoms with Crippen molar-refractivity contribution in [2.24, 2.45) is 5.73 Å². The molecule has 4 aromatic rings. The van der Waals surface area contributed by atoms with Gasteiger partial charge in [0.15, 0.2) is 0 Å². The molecule has 8 heteroatoms. The van der Waals surface area contributed by atoms with Gasteiger partial charge in [-0.05, 0) is 30.5 Å². The molecule has 0 aliphatic heterocycles. The van der Waals surface area contributed by atoms with Crippen LogP contribution >= 0.6 is 11.3 Å². The van der Waals surface area contributed by atoms with Crippen LogP contribution in [-0.4, -0.2) is 21.5 Å². The number of nitrogens with two attached hydrogens (primary N) is 1. The maximum absolute atomic E-state index is 13.1. The number of nitrogens with one attached hydrogen (secondary N) is 1. The van der Waals surface area contributed by atoms with E-state index in [1.54, 1.807) is 24.3 Å². The predicted molar refractivity (Wildman–Crippen MR) is 122 cm³/mol. The Morgan fingerprint density at radius 1 is 1.10 bits per heavy atom. The zero-order chi connectivity index (χ0) is 22.0. The maximum atomic E-state index is 13.1. The first-order chi connectivity index (χ1) is 15.0. The molecule has 2 aromatic heterocycles. The molecule has 0 aliphatic rings. The highest BCUT2D eigenvalue weighted by Crippen LogP contribution is 2.35. The average molecular weight is 433 g/mol. The Balaban J connectivity index is 1.60. The smallest absolute Gasteiger partial charge is 0.281 e. The van der Waals surface area contributed by atoms with Crippen LogP contribution in [0.25, 0.3) is 21.3 Å². The molecule has 0 bridgehead atoms. The van der Waals surface area contributed by atoms with Crippen molar-refractivity contribution in [1.29, 1.82) is 0 Å². The van der Waals surface area contributed by atoms with Gasteiger partial charge in [0.25, 0.3) is 5.56 Å². The van der Waals surface area contributed by atoms with Crippen LogP contribution in [0.3, 0.4) is 0 Å². The van der Waals surface area contributed by atoms with Crippen LogP contribution in [0.5, 0.6) is 0 Å².